The van der Waals surface area contributed by atoms with Gasteiger partial charge in [-0.3, -0.25) is 9.47 Å². The molecule has 0 radical (unpaired) electrons. The predicted octanol–water partition coefficient (Wildman–Crippen LogP) is 4.51. The number of rotatable bonds is 4. The van der Waals surface area contributed by atoms with Crippen LogP contribution in [0.5, 0.6) is 0 Å². The molecular weight excluding hydrogens is 358 g/mol. The van der Waals surface area contributed by atoms with Crippen LogP contribution < -0.4 is 5.76 Å². The van der Waals surface area contributed by atoms with Crippen LogP contribution in [0.4, 0.5) is 0 Å². The molecule has 0 aliphatic carbocycles. The molecule has 0 unspecified atom stereocenters. The van der Waals surface area contributed by atoms with Crippen LogP contribution in [0, 0.1) is 0 Å². The maximum atomic E-state index is 12.2. The molecular formula is C18H16ClN3O2S. The minimum absolute atomic E-state index is 0.0709. The number of oxazole rings is 1. The number of para-hydroxylation sites is 1. The van der Waals surface area contributed by atoms with Gasteiger partial charge in [0.2, 0.25) is 0 Å². The zero-order valence-corrected chi connectivity index (χ0v) is 15.3. The summed E-state index contributed by atoms with van der Waals surface area (Å²) in [5, 5.41) is 1.57. The summed E-state index contributed by atoms with van der Waals surface area (Å²) in [4.78, 5) is 19.0. The third kappa shape index (κ3) is 2.97. The third-order valence-electron chi connectivity index (χ3n) is 4.32. The van der Waals surface area contributed by atoms with Gasteiger partial charge in [-0.15, -0.1) is 11.3 Å². The maximum absolute atomic E-state index is 12.2. The Hall–Kier alpha value is -2.15. The van der Waals surface area contributed by atoms with Crippen LogP contribution in [-0.2, 0) is 6.67 Å². The van der Waals surface area contributed by atoms with E-state index in [1.54, 1.807) is 34.1 Å². The Bertz CT molecular complexity index is 1080. The van der Waals surface area contributed by atoms with Crippen molar-refractivity contribution in [2.45, 2.75) is 19.6 Å². The number of aromatic nitrogens is 2. The van der Waals surface area contributed by atoms with Crippen LogP contribution in [0.2, 0.25) is 5.02 Å². The normalized spacial score (nSPS) is 13.1. The smallest absolute Gasteiger partial charge is 0.408 e. The van der Waals surface area contributed by atoms with Crippen molar-refractivity contribution in [1.29, 1.82) is 0 Å². The number of fused-ring (bicyclic) bond motifs is 2. The van der Waals surface area contributed by atoms with Gasteiger partial charge in [-0.2, -0.15) is 0 Å². The minimum Gasteiger partial charge on any atom is -0.408 e. The average Bonchev–Trinajstić information content (AvgIpc) is 3.15. The van der Waals surface area contributed by atoms with Gasteiger partial charge in [0.1, 0.15) is 5.01 Å². The van der Waals surface area contributed by atoms with E-state index in [1.165, 1.54) is 4.70 Å². The fourth-order valence-electron chi connectivity index (χ4n) is 2.78. The lowest BCUT2D eigenvalue weighted by Crippen LogP contribution is -2.29. The Kier molecular flexibility index (Phi) is 4.11. The van der Waals surface area contributed by atoms with Gasteiger partial charge in [0.15, 0.2) is 5.58 Å². The van der Waals surface area contributed by atoms with Gasteiger partial charge in [-0.05, 0) is 38.2 Å². The molecule has 1 atom stereocenters. The third-order valence-corrected chi connectivity index (χ3v) is 5.77. The molecule has 0 N–H and O–H groups in total. The Labute approximate surface area is 153 Å². The van der Waals surface area contributed by atoms with E-state index in [9.17, 15) is 4.79 Å². The highest BCUT2D eigenvalue weighted by atomic mass is 35.5. The zero-order valence-electron chi connectivity index (χ0n) is 13.8. The lowest BCUT2D eigenvalue weighted by atomic mass is 10.3. The van der Waals surface area contributed by atoms with Gasteiger partial charge in [0.05, 0.1) is 28.4 Å². The van der Waals surface area contributed by atoms with E-state index in [0.29, 0.717) is 17.3 Å². The second-order valence-electron chi connectivity index (χ2n) is 6.00. The van der Waals surface area contributed by atoms with Crippen molar-refractivity contribution in [3.05, 3.63) is 63.0 Å². The summed E-state index contributed by atoms with van der Waals surface area (Å²) >= 11 is 7.64. The van der Waals surface area contributed by atoms with Crippen LogP contribution in [0.1, 0.15) is 18.0 Å². The van der Waals surface area contributed by atoms with E-state index in [-0.39, 0.29) is 11.8 Å². The molecule has 0 spiro atoms. The largest absolute Gasteiger partial charge is 0.421 e. The van der Waals surface area contributed by atoms with Crippen LogP contribution in [0.3, 0.4) is 0 Å². The average molecular weight is 374 g/mol. The standard InChI is InChI=1S/C18H16ClN3O2S/c1-11(17-20-13-5-3-4-6-16(13)25-17)21(2)10-22-14-8-7-12(19)9-15(14)24-18(22)23/h3-9,11H,10H2,1-2H3/t11-/m0/s1. The fourth-order valence-corrected chi connectivity index (χ4v) is 4.02. The van der Waals surface area contributed by atoms with Crippen LogP contribution in [0.25, 0.3) is 21.3 Å². The van der Waals surface area contributed by atoms with Gasteiger partial charge < -0.3 is 4.42 Å². The van der Waals surface area contributed by atoms with E-state index in [1.807, 2.05) is 25.2 Å². The van der Waals surface area contributed by atoms with E-state index in [4.69, 9.17) is 21.0 Å². The first-order valence-electron chi connectivity index (χ1n) is 7.87. The number of halogens is 1. The van der Waals surface area contributed by atoms with E-state index < -0.39 is 0 Å². The van der Waals surface area contributed by atoms with Gasteiger partial charge in [-0.1, -0.05) is 23.7 Å². The van der Waals surface area contributed by atoms with Crippen molar-refractivity contribution in [1.82, 2.24) is 14.5 Å². The van der Waals surface area contributed by atoms with Crippen LogP contribution in [0.15, 0.2) is 51.7 Å². The lowest BCUT2D eigenvalue weighted by molar-refractivity contribution is 0.202. The Morgan fingerprint density at radius 3 is 2.92 bits per heavy atom. The number of hydrogen-bond acceptors (Lipinski definition) is 5. The van der Waals surface area contributed by atoms with Gasteiger partial charge in [-0.25, -0.2) is 9.78 Å². The molecule has 128 valence electrons. The second-order valence-corrected chi connectivity index (χ2v) is 7.50. The predicted molar refractivity (Wildman–Crippen MR) is 101 cm³/mol. The van der Waals surface area contributed by atoms with Crippen LogP contribution >= 0.6 is 22.9 Å². The molecule has 4 aromatic rings. The summed E-state index contributed by atoms with van der Waals surface area (Å²) in [6, 6.07) is 13.4. The zero-order chi connectivity index (χ0) is 17.6. The minimum atomic E-state index is -0.388. The molecule has 4 rings (SSSR count). The first-order chi connectivity index (χ1) is 12.0. The number of benzene rings is 2. The Morgan fingerprint density at radius 1 is 1.32 bits per heavy atom. The topological polar surface area (TPSA) is 51.3 Å². The molecule has 0 saturated carbocycles. The van der Waals surface area contributed by atoms with E-state index >= 15 is 0 Å². The highest BCUT2D eigenvalue weighted by Gasteiger charge is 2.19. The second kappa shape index (κ2) is 6.29. The molecule has 0 amide bonds. The van der Waals surface area contributed by atoms with Gasteiger partial charge in [0.25, 0.3) is 0 Å². The summed E-state index contributed by atoms with van der Waals surface area (Å²) in [6.45, 7) is 2.49. The molecule has 5 nitrogen and oxygen atoms in total. The van der Waals surface area contributed by atoms with Crippen molar-refractivity contribution < 1.29 is 4.42 Å². The molecule has 0 aliphatic rings. The molecule has 2 aromatic carbocycles. The molecule has 2 aromatic heterocycles. The highest BCUT2D eigenvalue weighted by Crippen LogP contribution is 2.29. The van der Waals surface area contributed by atoms with Crippen molar-refractivity contribution >= 4 is 44.3 Å². The Balaban J connectivity index is 1.64. The van der Waals surface area contributed by atoms with Crippen molar-refractivity contribution in [2.75, 3.05) is 7.05 Å². The summed E-state index contributed by atoms with van der Waals surface area (Å²) in [7, 11) is 1.97. The SMILES string of the molecule is C[C@@H](c1nc2ccccc2s1)N(C)Cn1c(=O)oc2cc(Cl)ccc21. The number of nitrogens with zero attached hydrogens (tertiary/aromatic N) is 3. The molecule has 0 bridgehead atoms. The fraction of sp³-hybridized carbons (Fsp3) is 0.222. The first-order valence-corrected chi connectivity index (χ1v) is 9.07. The van der Waals surface area contributed by atoms with Crippen molar-refractivity contribution in [3.8, 4) is 0 Å². The van der Waals surface area contributed by atoms with Crippen molar-refractivity contribution in [2.24, 2.45) is 0 Å². The van der Waals surface area contributed by atoms with Crippen LogP contribution in [-0.4, -0.2) is 21.5 Å². The van der Waals surface area contributed by atoms with E-state index in [0.717, 1.165) is 16.0 Å². The number of hydrogen-bond donors (Lipinski definition) is 0. The lowest BCUT2D eigenvalue weighted by Gasteiger charge is -2.22. The first kappa shape index (κ1) is 16.3. The summed E-state index contributed by atoms with van der Waals surface area (Å²) in [5.41, 5.74) is 2.24. The van der Waals surface area contributed by atoms with E-state index in [2.05, 4.69) is 17.9 Å². The molecule has 0 fully saturated rings. The molecule has 0 saturated heterocycles. The molecule has 0 aliphatic heterocycles. The quantitative estimate of drug-likeness (QED) is 0.528. The highest BCUT2D eigenvalue weighted by molar-refractivity contribution is 7.18. The molecule has 7 heteroatoms. The van der Waals surface area contributed by atoms with Gasteiger partial charge in [0, 0.05) is 11.1 Å². The molecule has 2 heterocycles. The van der Waals surface area contributed by atoms with Gasteiger partial charge >= 0.3 is 5.76 Å². The Morgan fingerprint density at radius 2 is 2.12 bits per heavy atom. The maximum Gasteiger partial charge on any atom is 0.421 e. The van der Waals surface area contributed by atoms with Crippen molar-refractivity contribution in [3.63, 3.8) is 0 Å². The monoisotopic (exact) mass is 373 g/mol. The summed E-state index contributed by atoms with van der Waals surface area (Å²) in [6.07, 6.45) is 0. The summed E-state index contributed by atoms with van der Waals surface area (Å²) in [5.74, 6) is -0.388. The molecule has 25 heavy (non-hydrogen) atoms. The summed E-state index contributed by atoms with van der Waals surface area (Å²) < 4.78 is 8.07. The number of thiazole rings is 1.